The first-order chi connectivity index (χ1) is 12.9. The highest BCUT2D eigenvalue weighted by Crippen LogP contribution is 2.39. The Bertz CT molecular complexity index is 847. The van der Waals surface area contributed by atoms with E-state index in [1.165, 1.54) is 24.3 Å². The van der Waals surface area contributed by atoms with Gasteiger partial charge in [0.1, 0.15) is 17.1 Å². The van der Waals surface area contributed by atoms with Crippen molar-refractivity contribution in [3.8, 4) is 11.8 Å². The van der Waals surface area contributed by atoms with E-state index in [9.17, 15) is 14.4 Å². The third kappa shape index (κ3) is 4.98. The number of carbonyl (C=O) groups is 1. The van der Waals surface area contributed by atoms with E-state index in [1.54, 1.807) is 13.8 Å². The maximum atomic E-state index is 12.9. The molecular formula is C18H19FN4O3S. The summed E-state index contributed by atoms with van der Waals surface area (Å²) < 4.78 is 24.0. The molecule has 1 fully saturated rings. The number of carbonyl (C=O) groups excluding carboxylic acids is 1. The molecule has 1 heterocycles. The number of ether oxygens (including phenoxy) is 1. The SMILES string of the molecule is CC(Oc1ccc(F)cc1)c1nnc(SCC(=O)NC(C)(C#N)C2CC2)o1. The van der Waals surface area contributed by atoms with E-state index in [1.807, 2.05) is 0 Å². The summed E-state index contributed by atoms with van der Waals surface area (Å²) in [6.07, 6.45) is 1.38. The lowest BCUT2D eigenvalue weighted by Gasteiger charge is -2.22. The van der Waals surface area contributed by atoms with Crippen LogP contribution in [-0.2, 0) is 4.79 Å². The van der Waals surface area contributed by atoms with Crippen molar-refractivity contribution in [2.24, 2.45) is 5.92 Å². The summed E-state index contributed by atoms with van der Waals surface area (Å²) >= 11 is 1.09. The molecule has 1 aliphatic rings. The van der Waals surface area contributed by atoms with Crippen LogP contribution < -0.4 is 10.1 Å². The summed E-state index contributed by atoms with van der Waals surface area (Å²) in [6, 6.07) is 7.79. The molecule has 1 aromatic heterocycles. The number of hydrogen-bond acceptors (Lipinski definition) is 7. The summed E-state index contributed by atoms with van der Waals surface area (Å²) in [7, 11) is 0. The molecule has 2 unspecified atom stereocenters. The van der Waals surface area contributed by atoms with Gasteiger partial charge in [-0.3, -0.25) is 4.79 Å². The van der Waals surface area contributed by atoms with Crippen LogP contribution in [0.5, 0.6) is 5.75 Å². The number of rotatable bonds is 8. The molecular weight excluding hydrogens is 371 g/mol. The second kappa shape index (κ2) is 7.96. The van der Waals surface area contributed by atoms with Gasteiger partial charge in [0.15, 0.2) is 6.10 Å². The van der Waals surface area contributed by atoms with E-state index < -0.39 is 11.6 Å². The topological polar surface area (TPSA) is 101 Å². The Kier molecular flexibility index (Phi) is 5.65. The Morgan fingerprint density at radius 2 is 2.19 bits per heavy atom. The van der Waals surface area contributed by atoms with Gasteiger partial charge in [0.2, 0.25) is 5.91 Å². The van der Waals surface area contributed by atoms with Crippen molar-refractivity contribution in [3.05, 3.63) is 36.0 Å². The van der Waals surface area contributed by atoms with Gasteiger partial charge in [-0.2, -0.15) is 5.26 Å². The summed E-state index contributed by atoms with van der Waals surface area (Å²) in [5.41, 5.74) is -0.824. The fourth-order valence-corrected chi connectivity index (χ4v) is 3.12. The molecule has 142 valence electrons. The van der Waals surface area contributed by atoms with Crippen LogP contribution in [0, 0.1) is 23.1 Å². The Morgan fingerprint density at radius 1 is 1.48 bits per heavy atom. The van der Waals surface area contributed by atoms with Crippen LogP contribution >= 0.6 is 11.8 Å². The number of amides is 1. The van der Waals surface area contributed by atoms with Crippen molar-refractivity contribution >= 4 is 17.7 Å². The molecule has 2 aromatic rings. The minimum absolute atomic E-state index is 0.0683. The molecule has 2 atom stereocenters. The Labute approximate surface area is 160 Å². The Balaban J connectivity index is 1.50. The lowest BCUT2D eigenvalue weighted by atomic mass is 9.98. The van der Waals surface area contributed by atoms with Crippen LogP contribution in [-0.4, -0.2) is 27.4 Å². The smallest absolute Gasteiger partial charge is 0.277 e. The highest BCUT2D eigenvalue weighted by atomic mass is 32.2. The second-order valence-electron chi connectivity index (χ2n) is 6.55. The van der Waals surface area contributed by atoms with Crippen LogP contribution in [0.15, 0.2) is 33.9 Å². The highest BCUT2D eigenvalue weighted by molar-refractivity contribution is 7.99. The molecule has 0 bridgehead atoms. The minimum Gasteiger partial charge on any atom is -0.481 e. The summed E-state index contributed by atoms with van der Waals surface area (Å²) in [5, 5.41) is 20.1. The Hall–Kier alpha value is -2.60. The van der Waals surface area contributed by atoms with Crippen molar-refractivity contribution in [2.75, 3.05) is 5.75 Å². The van der Waals surface area contributed by atoms with Gasteiger partial charge in [-0.05, 0) is 56.9 Å². The molecule has 0 spiro atoms. The molecule has 0 aliphatic heterocycles. The van der Waals surface area contributed by atoms with Crippen molar-refractivity contribution in [3.63, 3.8) is 0 Å². The number of nitrogens with zero attached hydrogens (tertiary/aromatic N) is 3. The standard InChI is InChI=1S/C18H19FN4O3S/c1-11(25-14-7-5-13(19)6-8-14)16-22-23-17(26-16)27-9-15(24)21-18(2,10-20)12-3-4-12/h5-8,11-12H,3-4,9H2,1-2H3,(H,21,24). The number of nitriles is 1. The molecule has 27 heavy (non-hydrogen) atoms. The van der Waals surface area contributed by atoms with Gasteiger partial charge in [-0.25, -0.2) is 4.39 Å². The number of nitrogens with one attached hydrogen (secondary N) is 1. The summed E-state index contributed by atoms with van der Waals surface area (Å²) in [4.78, 5) is 12.1. The zero-order valence-corrected chi connectivity index (χ0v) is 15.8. The van der Waals surface area contributed by atoms with Gasteiger partial charge in [0.25, 0.3) is 11.1 Å². The fourth-order valence-electron chi connectivity index (χ4n) is 2.55. The maximum absolute atomic E-state index is 12.9. The second-order valence-corrected chi connectivity index (χ2v) is 7.47. The first-order valence-electron chi connectivity index (χ1n) is 8.50. The molecule has 1 saturated carbocycles. The van der Waals surface area contributed by atoms with Crippen LogP contribution in [0.25, 0.3) is 0 Å². The Morgan fingerprint density at radius 3 is 2.81 bits per heavy atom. The number of hydrogen-bond donors (Lipinski definition) is 1. The maximum Gasteiger partial charge on any atom is 0.277 e. The molecule has 1 amide bonds. The molecule has 1 N–H and O–H groups in total. The van der Waals surface area contributed by atoms with E-state index in [4.69, 9.17) is 9.15 Å². The van der Waals surface area contributed by atoms with Gasteiger partial charge in [0.05, 0.1) is 11.8 Å². The first-order valence-corrected chi connectivity index (χ1v) is 9.49. The van der Waals surface area contributed by atoms with E-state index >= 15 is 0 Å². The van der Waals surface area contributed by atoms with Gasteiger partial charge in [0, 0.05) is 0 Å². The number of thioether (sulfide) groups is 1. The average Bonchev–Trinajstić information content (AvgIpc) is 3.41. The molecule has 0 radical (unpaired) electrons. The molecule has 3 rings (SSSR count). The zero-order valence-electron chi connectivity index (χ0n) is 14.9. The molecule has 0 saturated heterocycles. The van der Waals surface area contributed by atoms with E-state index in [2.05, 4.69) is 21.6 Å². The van der Waals surface area contributed by atoms with Crippen molar-refractivity contribution < 1.29 is 18.3 Å². The lowest BCUT2D eigenvalue weighted by molar-refractivity contribution is -0.119. The third-order valence-electron chi connectivity index (χ3n) is 4.25. The lowest BCUT2D eigenvalue weighted by Crippen LogP contribution is -2.47. The number of benzene rings is 1. The largest absolute Gasteiger partial charge is 0.481 e. The zero-order chi connectivity index (χ0) is 19.4. The molecule has 7 nitrogen and oxygen atoms in total. The van der Waals surface area contributed by atoms with Crippen LogP contribution in [0.4, 0.5) is 4.39 Å². The van der Waals surface area contributed by atoms with Crippen molar-refractivity contribution in [1.82, 2.24) is 15.5 Å². The van der Waals surface area contributed by atoms with E-state index in [-0.39, 0.29) is 34.5 Å². The normalized spacial score (nSPS) is 16.8. The predicted molar refractivity (Wildman–Crippen MR) is 95.3 cm³/mol. The van der Waals surface area contributed by atoms with Gasteiger partial charge in [-0.15, -0.1) is 10.2 Å². The van der Waals surface area contributed by atoms with Gasteiger partial charge in [-0.1, -0.05) is 11.8 Å². The van der Waals surface area contributed by atoms with E-state index in [0.29, 0.717) is 5.75 Å². The van der Waals surface area contributed by atoms with Crippen LogP contribution in [0.1, 0.15) is 38.7 Å². The molecule has 1 aromatic carbocycles. The minimum atomic E-state index is -0.824. The third-order valence-corrected chi connectivity index (χ3v) is 5.07. The van der Waals surface area contributed by atoms with Crippen LogP contribution in [0.2, 0.25) is 0 Å². The molecule has 1 aliphatic carbocycles. The number of halogens is 1. The molecule has 9 heteroatoms. The quantitative estimate of drug-likeness (QED) is 0.690. The van der Waals surface area contributed by atoms with Gasteiger partial charge < -0.3 is 14.5 Å². The highest BCUT2D eigenvalue weighted by Gasteiger charge is 2.42. The first kappa shape index (κ1) is 19.2. The van der Waals surface area contributed by atoms with Crippen molar-refractivity contribution in [2.45, 2.75) is 43.6 Å². The predicted octanol–water partition coefficient (Wildman–Crippen LogP) is 3.25. The van der Waals surface area contributed by atoms with Gasteiger partial charge >= 0.3 is 0 Å². The monoisotopic (exact) mass is 390 g/mol. The summed E-state index contributed by atoms with van der Waals surface area (Å²) in [5.74, 6) is 0.411. The van der Waals surface area contributed by atoms with Crippen molar-refractivity contribution in [1.29, 1.82) is 5.26 Å². The fraction of sp³-hybridized carbons (Fsp3) is 0.444. The van der Waals surface area contributed by atoms with Crippen LogP contribution in [0.3, 0.4) is 0 Å². The number of aromatic nitrogens is 2. The average molecular weight is 390 g/mol. The van der Waals surface area contributed by atoms with E-state index in [0.717, 1.165) is 24.6 Å². The summed E-state index contributed by atoms with van der Waals surface area (Å²) in [6.45, 7) is 3.47.